The van der Waals surface area contributed by atoms with E-state index < -0.39 is 12.1 Å². The average molecular weight is 337 g/mol. The Hall–Kier alpha value is -3.26. The van der Waals surface area contributed by atoms with Crippen LogP contribution < -0.4 is 0 Å². The van der Waals surface area contributed by atoms with Crippen LogP contribution >= 0.6 is 0 Å². The highest BCUT2D eigenvalue weighted by molar-refractivity contribution is 6.01. The van der Waals surface area contributed by atoms with Crippen molar-refractivity contribution in [3.05, 3.63) is 41.7 Å². The first-order valence-corrected chi connectivity index (χ1v) is 7.68. The van der Waals surface area contributed by atoms with E-state index in [2.05, 4.69) is 20.1 Å². The van der Waals surface area contributed by atoms with E-state index in [1.165, 1.54) is 6.20 Å². The molecule has 1 unspecified atom stereocenters. The van der Waals surface area contributed by atoms with Crippen LogP contribution in [0, 0.1) is 0 Å². The topological polar surface area (TPSA) is 117 Å². The van der Waals surface area contributed by atoms with Crippen molar-refractivity contribution in [2.45, 2.75) is 13.0 Å². The number of aliphatic hydroxyl groups excluding tert-OH is 1. The van der Waals surface area contributed by atoms with Gasteiger partial charge in [0.15, 0.2) is 5.65 Å². The molecule has 0 aliphatic rings. The molecule has 4 rings (SSSR count). The first-order chi connectivity index (χ1) is 12.0. The van der Waals surface area contributed by atoms with Crippen molar-refractivity contribution in [1.82, 2.24) is 24.7 Å². The molecule has 0 radical (unpaired) electrons. The summed E-state index contributed by atoms with van der Waals surface area (Å²) >= 11 is 0. The van der Waals surface area contributed by atoms with E-state index >= 15 is 0 Å². The van der Waals surface area contributed by atoms with Gasteiger partial charge in [-0.3, -0.25) is 4.68 Å². The molecule has 0 saturated carbocycles. The van der Waals surface area contributed by atoms with Crippen LogP contribution in [0.2, 0.25) is 0 Å². The normalized spacial score (nSPS) is 12.8. The van der Waals surface area contributed by atoms with Crippen molar-refractivity contribution < 1.29 is 15.0 Å². The van der Waals surface area contributed by atoms with Crippen molar-refractivity contribution in [1.29, 1.82) is 0 Å². The van der Waals surface area contributed by atoms with Crippen LogP contribution in [0.3, 0.4) is 0 Å². The molecule has 8 heteroatoms. The number of aromatic amines is 1. The highest BCUT2D eigenvalue weighted by Gasteiger charge is 2.18. The van der Waals surface area contributed by atoms with Gasteiger partial charge in [0.1, 0.15) is 22.5 Å². The summed E-state index contributed by atoms with van der Waals surface area (Å²) in [6, 6.07) is 5.60. The van der Waals surface area contributed by atoms with E-state index in [0.29, 0.717) is 17.0 Å². The number of carboxylic acids is 1. The maximum atomic E-state index is 11.3. The highest BCUT2D eigenvalue weighted by Crippen LogP contribution is 2.29. The maximum Gasteiger partial charge on any atom is 0.339 e. The molecule has 0 saturated heterocycles. The Morgan fingerprint density at radius 2 is 2.16 bits per heavy atom. The maximum absolute atomic E-state index is 11.3. The van der Waals surface area contributed by atoms with Gasteiger partial charge in [0.25, 0.3) is 0 Å². The number of rotatable bonds is 3. The number of fused-ring (bicyclic) bond motifs is 2. The smallest absolute Gasteiger partial charge is 0.339 e. The average Bonchev–Trinajstić information content (AvgIpc) is 3.15. The molecular formula is C17H15N5O3. The lowest BCUT2D eigenvalue weighted by Crippen LogP contribution is -1.97. The van der Waals surface area contributed by atoms with Gasteiger partial charge >= 0.3 is 5.97 Å². The van der Waals surface area contributed by atoms with Crippen LogP contribution in [0.5, 0.6) is 0 Å². The Kier molecular flexibility index (Phi) is 3.29. The van der Waals surface area contributed by atoms with Gasteiger partial charge in [-0.2, -0.15) is 5.10 Å². The number of H-pyrrole nitrogens is 1. The van der Waals surface area contributed by atoms with Gasteiger partial charge < -0.3 is 15.2 Å². The number of aliphatic hydroxyl groups is 1. The fourth-order valence-electron chi connectivity index (χ4n) is 2.90. The molecule has 0 fully saturated rings. The lowest BCUT2D eigenvalue weighted by atomic mass is 10.1. The Bertz CT molecular complexity index is 1130. The van der Waals surface area contributed by atoms with Crippen molar-refractivity contribution in [3.63, 3.8) is 0 Å². The summed E-state index contributed by atoms with van der Waals surface area (Å²) in [6.07, 6.45) is 2.33. The van der Waals surface area contributed by atoms with Crippen molar-refractivity contribution in [3.8, 4) is 11.4 Å². The van der Waals surface area contributed by atoms with Gasteiger partial charge in [0, 0.05) is 18.6 Å². The predicted molar refractivity (Wildman–Crippen MR) is 91.2 cm³/mol. The van der Waals surface area contributed by atoms with Gasteiger partial charge in [-0.25, -0.2) is 14.8 Å². The van der Waals surface area contributed by atoms with E-state index in [1.807, 2.05) is 25.2 Å². The second-order valence-corrected chi connectivity index (χ2v) is 5.88. The number of nitrogens with one attached hydrogen (secondary N) is 1. The third-order valence-electron chi connectivity index (χ3n) is 4.21. The van der Waals surface area contributed by atoms with Crippen LogP contribution in [0.4, 0.5) is 0 Å². The SMILES string of the molecule is CC(O)c1ccc2c(c1)c(-c1cnc3[nH]cc(C(=O)O)c3n1)nn2C. The summed E-state index contributed by atoms with van der Waals surface area (Å²) in [5.74, 6) is -1.07. The van der Waals surface area contributed by atoms with Gasteiger partial charge in [0.05, 0.1) is 17.8 Å². The largest absolute Gasteiger partial charge is 0.478 e. The number of carboxylic acid groups (broad SMARTS) is 1. The van der Waals surface area contributed by atoms with Crippen molar-refractivity contribution >= 4 is 28.0 Å². The molecule has 126 valence electrons. The Labute approximate surface area is 141 Å². The minimum absolute atomic E-state index is 0.0641. The van der Waals surface area contributed by atoms with Crippen LogP contribution in [-0.2, 0) is 7.05 Å². The van der Waals surface area contributed by atoms with Crippen molar-refractivity contribution in [2.75, 3.05) is 0 Å². The fraction of sp³-hybridized carbons (Fsp3) is 0.176. The van der Waals surface area contributed by atoms with Crippen LogP contribution in [0.1, 0.15) is 28.9 Å². The van der Waals surface area contributed by atoms with Gasteiger partial charge in [-0.05, 0) is 24.6 Å². The molecule has 0 bridgehead atoms. The summed E-state index contributed by atoms with van der Waals surface area (Å²) in [5, 5.41) is 24.4. The first-order valence-electron chi connectivity index (χ1n) is 7.68. The zero-order valence-corrected chi connectivity index (χ0v) is 13.6. The lowest BCUT2D eigenvalue weighted by molar-refractivity contribution is 0.0699. The number of hydrogen-bond acceptors (Lipinski definition) is 5. The molecule has 0 aliphatic heterocycles. The molecular weight excluding hydrogens is 322 g/mol. The molecule has 1 atom stereocenters. The number of hydrogen-bond donors (Lipinski definition) is 3. The van der Waals surface area contributed by atoms with E-state index in [-0.39, 0.29) is 11.1 Å². The van der Waals surface area contributed by atoms with E-state index in [0.717, 1.165) is 16.5 Å². The summed E-state index contributed by atoms with van der Waals surface area (Å²) in [4.78, 5) is 22.8. The van der Waals surface area contributed by atoms with Crippen LogP contribution in [0.25, 0.3) is 33.5 Å². The van der Waals surface area contributed by atoms with Crippen LogP contribution in [0.15, 0.2) is 30.6 Å². The zero-order valence-electron chi connectivity index (χ0n) is 13.6. The summed E-state index contributed by atoms with van der Waals surface area (Å²) < 4.78 is 1.72. The predicted octanol–water partition coefficient (Wildman–Crippen LogP) is 2.26. The number of benzene rings is 1. The number of aromatic nitrogens is 5. The third kappa shape index (κ3) is 2.34. The number of carbonyl (C=O) groups is 1. The van der Waals surface area contributed by atoms with Gasteiger partial charge in [0.2, 0.25) is 0 Å². The molecule has 3 N–H and O–H groups in total. The Balaban J connectivity index is 1.97. The van der Waals surface area contributed by atoms with E-state index in [4.69, 9.17) is 0 Å². The second-order valence-electron chi connectivity index (χ2n) is 5.88. The standard InChI is InChI=1S/C17H15N5O3/c1-8(23)9-3-4-13-10(5-9)14(21-22(13)2)12-7-19-16-15(20-12)11(6-18-16)17(24)25/h3-8,23H,1-2H3,(H,18,19)(H,24,25). The molecule has 0 aliphatic carbocycles. The molecule has 3 aromatic heterocycles. The number of nitrogens with zero attached hydrogens (tertiary/aromatic N) is 4. The molecule has 25 heavy (non-hydrogen) atoms. The van der Waals surface area contributed by atoms with Gasteiger partial charge in [-0.15, -0.1) is 0 Å². The molecule has 3 heterocycles. The lowest BCUT2D eigenvalue weighted by Gasteiger charge is -2.05. The third-order valence-corrected chi connectivity index (χ3v) is 4.21. The molecule has 0 spiro atoms. The second kappa shape index (κ2) is 5.38. The zero-order chi connectivity index (χ0) is 17.7. The van der Waals surface area contributed by atoms with Crippen molar-refractivity contribution in [2.24, 2.45) is 7.05 Å². The Morgan fingerprint density at radius 1 is 1.36 bits per heavy atom. The molecule has 4 aromatic rings. The Morgan fingerprint density at radius 3 is 2.88 bits per heavy atom. The highest BCUT2D eigenvalue weighted by atomic mass is 16.4. The summed E-state index contributed by atoms with van der Waals surface area (Å²) in [6.45, 7) is 1.70. The van der Waals surface area contributed by atoms with Gasteiger partial charge in [-0.1, -0.05) is 6.07 Å². The summed E-state index contributed by atoms with van der Waals surface area (Å²) in [7, 11) is 1.82. The molecule has 1 aromatic carbocycles. The minimum atomic E-state index is -1.07. The monoisotopic (exact) mass is 337 g/mol. The van der Waals surface area contributed by atoms with Crippen LogP contribution in [-0.4, -0.2) is 40.9 Å². The summed E-state index contributed by atoms with van der Waals surface area (Å²) in [5.41, 5.74) is 3.48. The molecule has 0 amide bonds. The molecule has 8 nitrogen and oxygen atoms in total. The van der Waals surface area contributed by atoms with E-state index in [9.17, 15) is 15.0 Å². The quantitative estimate of drug-likeness (QED) is 0.528. The minimum Gasteiger partial charge on any atom is -0.478 e. The van der Waals surface area contributed by atoms with E-state index in [1.54, 1.807) is 17.8 Å². The fourth-order valence-corrected chi connectivity index (χ4v) is 2.90. The number of aromatic carboxylic acids is 1. The number of aryl methyl sites for hydroxylation is 1. The first kappa shape index (κ1) is 15.3.